The van der Waals surface area contributed by atoms with Crippen molar-refractivity contribution in [1.82, 2.24) is 30.0 Å². The summed E-state index contributed by atoms with van der Waals surface area (Å²) >= 11 is 3.16. The lowest BCUT2D eigenvalue weighted by Gasteiger charge is -2.26. The fourth-order valence-electron chi connectivity index (χ4n) is 3.52. The Morgan fingerprint density at radius 1 is 1.03 bits per heavy atom. The van der Waals surface area contributed by atoms with E-state index in [0.29, 0.717) is 22.9 Å². The number of nitrogens with one attached hydrogen (secondary N) is 3. The van der Waals surface area contributed by atoms with Gasteiger partial charge in [-0.05, 0) is 48.3 Å². The number of aromatic amines is 1. The van der Waals surface area contributed by atoms with Gasteiger partial charge in [-0.2, -0.15) is 20.1 Å². The average molecular weight is 495 g/mol. The van der Waals surface area contributed by atoms with E-state index in [-0.39, 0.29) is 0 Å². The number of hydrogen-bond donors (Lipinski definition) is 3. The zero-order chi connectivity index (χ0) is 23.0. The molecule has 9 nitrogen and oxygen atoms in total. The molecule has 0 atom stereocenters. The Hall–Kier alpha value is -2.99. The number of hydrogen-bond acceptors (Lipinski definition) is 10. The van der Waals surface area contributed by atoms with Crippen LogP contribution in [0.4, 0.5) is 17.7 Å². The zero-order valence-electron chi connectivity index (χ0n) is 18.6. The molecule has 3 aromatic heterocycles. The van der Waals surface area contributed by atoms with Gasteiger partial charge >= 0.3 is 0 Å². The van der Waals surface area contributed by atoms with Gasteiger partial charge in [-0.1, -0.05) is 24.3 Å². The molecule has 4 heterocycles. The summed E-state index contributed by atoms with van der Waals surface area (Å²) in [5, 5.41) is 16.7. The Morgan fingerprint density at radius 2 is 1.88 bits per heavy atom. The summed E-state index contributed by atoms with van der Waals surface area (Å²) in [5.74, 6) is 1.66. The van der Waals surface area contributed by atoms with Crippen LogP contribution in [0.2, 0.25) is 0 Å². The molecule has 1 aliphatic rings. The largest absolute Gasteiger partial charge is 0.379 e. The fraction of sp³-hybridized carbons (Fsp3) is 0.304. The minimum absolute atomic E-state index is 0.452. The van der Waals surface area contributed by atoms with Crippen molar-refractivity contribution in [2.24, 2.45) is 0 Å². The first-order chi connectivity index (χ1) is 16.8. The van der Waals surface area contributed by atoms with Crippen LogP contribution in [0.1, 0.15) is 6.42 Å². The summed E-state index contributed by atoms with van der Waals surface area (Å²) in [5.41, 5.74) is 0.951. The summed E-state index contributed by atoms with van der Waals surface area (Å²) in [7, 11) is 0. The second-order valence-corrected chi connectivity index (χ2v) is 9.67. The molecular weight excluding hydrogens is 468 g/mol. The van der Waals surface area contributed by atoms with Crippen molar-refractivity contribution in [1.29, 1.82) is 0 Å². The molecule has 1 fully saturated rings. The molecule has 4 aromatic rings. The van der Waals surface area contributed by atoms with Crippen LogP contribution in [0.15, 0.2) is 64.0 Å². The van der Waals surface area contributed by atoms with Crippen molar-refractivity contribution in [2.45, 2.75) is 16.5 Å². The molecule has 0 bridgehead atoms. The van der Waals surface area contributed by atoms with Crippen LogP contribution in [0, 0.1) is 0 Å². The van der Waals surface area contributed by atoms with Crippen LogP contribution in [0.5, 0.6) is 0 Å². The van der Waals surface area contributed by atoms with Crippen LogP contribution < -0.4 is 10.6 Å². The van der Waals surface area contributed by atoms with Crippen LogP contribution in [-0.4, -0.2) is 69.4 Å². The van der Waals surface area contributed by atoms with Crippen LogP contribution in [-0.2, 0) is 4.74 Å². The lowest BCUT2D eigenvalue weighted by atomic mass is 10.3. The van der Waals surface area contributed by atoms with E-state index in [1.807, 2.05) is 47.8 Å². The number of thiophene rings is 1. The maximum Gasteiger partial charge on any atom is 0.234 e. The lowest BCUT2D eigenvalue weighted by molar-refractivity contribution is 0.0378. The van der Waals surface area contributed by atoms with Crippen LogP contribution in [0.3, 0.4) is 0 Å². The second kappa shape index (κ2) is 11.4. The summed E-state index contributed by atoms with van der Waals surface area (Å²) in [6.45, 7) is 5.43. The Balaban J connectivity index is 1.27. The predicted molar refractivity (Wildman–Crippen MR) is 136 cm³/mol. The first-order valence-electron chi connectivity index (χ1n) is 11.2. The van der Waals surface area contributed by atoms with Gasteiger partial charge in [-0.3, -0.25) is 10.00 Å². The Labute approximate surface area is 206 Å². The topological polar surface area (TPSA) is 104 Å². The molecule has 0 spiro atoms. The van der Waals surface area contributed by atoms with Crippen molar-refractivity contribution in [3.63, 3.8) is 0 Å². The molecule has 1 aliphatic heterocycles. The number of aromatic nitrogens is 5. The quantitative estimate of drug-likeness (QED) is 0.278. The van der Waals surface area contributed by atoms with Crippen molar-refractivity contribution < 1.29 is 4.74 Å². The molecule has 176 valence electrons. The van der Waals surface area contributed by atoms with Gasteiger partial charge in [0.15, 0.2) is 11.0 Å². The molecule has 34 heavy (non-hydrogen) atoms. The zero-order valence-corrected chi connectivity index (χ0v) is 20.2. The van der Waals surface area contributed by atoms with E-state index < -0.39 is 0 Å². The lowest BCUT2D eigenvalue weighted by Crippen LogP contribution is -2.37. The standard InChI is InChI=1S/C23H26N8OS2/c1-2-6-17(7-3-1)34-23-27-21(24-9-5-10-31-11-13-32-14-12-31)26-22(28-23)25-20-16-18(29-30-20)19-8-4-15-33-19/h1-4,6-8,15-16H,5,9-14H2,(H3,24,25,26,27,28,29,30). The fourth-order valence-corrected chi connectivity index (χ4v) is 4.98. The van der Waals surface area contributed by atoms with E-state index in [0.717, 1.165) is 61.3 Å². The summed E-state index contributed by atoms with van der Waals surface area (Å²) in [6, 6.07) is 16.1. The monoisotopic (exact) mass is 494 g/mol. The molecule has 1 aromatic carbocycles. The summed E-state index contributed by atoms with van der Waals surface area (Å²) in [4.78, 5) is 18.4. The first-order valence-corrected chi connectivity index (χ1v) is 12.9. The van der Waals surface area contributed by atoms with E-state index in [9.17, 15) is 0 Å². The average Bonchev–Trinajstić information content (AvgIpc) is 3.56. The molecule has 0 unspecified atom stereocenters. The molecule has 11 heteroatoms. The molecule has 0 saturated carbocycles. The highest BCUT2D eigenvalue weighted by Crippen LogP contribution is 2.28. The van der Waals surface area contributed by atoms with E-state index in [4.69, 9.17) is 4.74 Å². The molecule has 1 saturated heterocycles. The Kier molecular flexibility index (Phi) is 7.66. The van der Waals surface area contributed by atoms with Gasteiger partial charge < -0.3 is 15.4 Å². The molecule has 3 N–H and O–H groups in total. The third-order valence-corrected chi connectivity index (χ3v) is 6.99. The van der Waals surface area contributed by atoms with Gasteiger partial charge in [-0.25, -0.2) is 0 Å². The van der Waals surface area contributed by atoms with Gasteiger partial charge in [0, 0.05) is 30.6 Å². The number of nitrogens with zero attached hydrogens (tertiary/aromatic N) is 5. The summed E-state index contributed by atoms with van der Waals surface area (Å²) < 4.78 is 5.42. The molecule has 5 rings (SSSR count). The van der Waals surface area contributed by atoms with Gasteiger partial charge in [-0.15, -0.1) is 11.3 Å². The minimum atomic E-state index is 0.452. The smallest absolute Gasteiger partial charge is 0.234 e. The molecule has 0 aliphatic carbocycles. The number of ether oxygens (including phenoxy) is 1. The van der Waals surface area contributed by atoms with E-state index in [2.05, 4.69) is 46.7 Å². The molecular formula is C23H26N8OS2. The highest BCUT2D eigenvalue weighted by Gasteiger charge is 2.12. The Bertz CT molecular complexity index is 1160. The normalized spacial score (nSPS) is 14.2. The van der Waals surface area contributed by atoms with E-state index >= 15 is 0 Å². The number of anilines is 3. The number of rotatable bonds is 10. The first kappa shape index (κ1) is 22.8. The highest BCUT2D eigenvalue weighted by molar-refractivity contribution is 7.99. The predicted octanol–water partition coefficient (Wildman–Crippen LogP) is 4.35. The van der Waals surface area contributed by atoms with Gasteiger partial charge in [0.1, 0.15) is 0 Å². The van der Waals surface area contributed by atoms with Crippen molar-refractivity contribution in [2.75, 3.05) is 50.0 Å². The van der Waals surface area contributed by atoms with Crippen molar-refractivity contribution in [3.05, 3.63) is 53.9 Å². The second-order valence-electron chi connectivity index (χ2n) is 7.68. The SMILES string of the molecule is c1ccc(Sc2nc(NCCCN3CCOCC3)nc(Nc3cc(-c4cccs4)[nH]n3)n2)cc1. The third kappa shape index (κ3) is 6.32. The number of benzene rings is 1. The van der Waals surface area contributed by atoms with Crippen LogP contribution in [0.25, 0.3) is 10.6 Å². The number of H-pyrrole nitrogens is 1. The highest BCUT2D eigenvalue weighted by atomic mass is 32.2. The third-order valence-electron chi connectivity index (χ3n) is 5.21. The van der Waals surface area contributed by atoms with Gasteiger partial charge in [0.05, 0.1) is 23.8 Å². The summed E-state index contributed by atoms with van der Waals surface area (Å²) in [6.07, 6.45) is 0.999. The maximum absolute atomic E-state index is 5.42. The van der Waals surface area contributed by atoms with Crippen LogP contribution >= 0.6 is 23.1 Å². The molecule has 0 amide bonds. The van der Waals surface area contributed by atoms with Gasteiger partial charge in [0.2, 0.25) is 11.9 Å². The Morgan fingerprint density at radius 3 is 2.71 bits per heavy atom. The van der Waals surface area contributed by atoms with Crippen molar-refractivity contribution >= 4 is 40.8 Å². The maximum atomic E-state index is 5.42. The van der Waals surface area contributed by atoms with E-state index in [1.54, 1.807) is 11.3 Å². The van der Waals surface area contributed by atoms with Gasteiger partial charge in [0.25, 0.3) is 0 Å². The van der Waals surface area contributed by atoms with E-state index in [1.165, 1.54) is 11.8 Å². The molecule has 0 radical (unpaired) electrons. The number of morpholine rings is 1. The van der Waals surface area contributed by atoms with Crippen molar-refractivity contribution in [3.8, 4) is 10.6 Å². The minimum Gasteiger partial charge on any atom is -0.379 e.